The fourth-order valence-electron chi connectivity index (χ4n) is 7.94. The molecule has 0 saturated carbocycles. The van der Waals surface area contributed by atoms with Gasteiger partial charge in [0.1, 0.15) is 19.2 Å². The molecule has 0 radical (unpaired) electrons. The van der Waals surface area contributed by atoms with Gasteiger partial charge in [0.2, 0.25) is 0 Å². The molecule has 0 bridgehead atoms. The molecule has 1 aliphatic rings. The van der Waals surface area contributed by atoms with E-state index in [0.717, 1.165) is 49.8 Å². The van der Waals surface area contributed by atoms with Gasteiger partial charge in [-0.1, -0.05) is 159 Å². The number of nitrogens with zero attached hydrogens (tertiary/aromatic N) is 3. The normalized spacial score (nSPS) is 13.0. The van der Waals surface area contributed by atoms with Crippen LogP contribution in [0.15, 0.2) is 168 Å². The molecule has 0 atom stereocenters. The average molecular weight is 684 g/mol. The molecule has 9 aromatic rings. The van der Waals surface area contributed by atoms with E-state index in [1.807, 2.05) is 36.4 Å². The number of aromatic nitrogens is 3. The van der Waals surface area contributed by atoms with Crippen molar-refractivity contribution in [2.75, 3.05) is 0 Å². The lowest BCUT2D eigenvalue weighted by molar-refractivity contribution is 0.669. The highest BCUT2D eigenvalue weighted by Crippen LogP contribution is 2.40. The standard InChI is InChI=1S/C47H33N3OSi/c1-52(2)41-23-13-21-37(44(41)35-26-24-34(29-42(35)52)31-16-8-4-9-17-31)47-49-45(32-18-10-5-11-19-32)48-46(50-47)36-20-12-22-40-43(36)38-28-33(25-27-39(38)51-40)30-14-6-3-7-15-30/h3-29H,1-2H3. The molecule has 0 N–H and O–H groups in total. The minimum absolute atomic E-state index is 0.619. The summed E-state index contributed by atoms with van der Waals surface area (Å²) in [5.74, 6) is 1.93. The lowest BCUT2D eigenvalue weighted by atomic mass is 9.96. The Balaban J connectivity index is 1.20. The van der Waals surface area contributed by atoms with E-state index in [-0.39, 0.29) is 0 Å². The molecule has 3 heterocycles. The van der Waals surface area contributed by atoms with Gasteiger partial charge in [-0.25, -0.2) is 15.0 Å². The van der Waals surface area contributed by atoms with Crippen LogP contribution in [0, 0.1) is 0 Å². The molecule has 2 aromatic heterocycles. The van der Waals surface area contributed by atoms with Crippen molar-refractivity contribution in [3.63, 3.8) is 0 Å². The van der Waals surface area contributed by atoms with Crippen LogP contribution in [0.25, 0.3) is 89.5 Å². The van der Waals surface area contributed by atoms with Gasteiger partial charge >= 0.3 is 0 Å². The Bertz CT molecular complexity index is 2810. The van der Waals surface area contributed by atoms with Gasteiger partial charge < -0.3 is 4.42 Å². The van der Waals surface area contributed by atoms with Gasteiger partial charge in [-0.2, -0.15) is 0 Å². The zero-order valence-electron chi connectivity index (χ0n) is 28.8. The first-order chi connectivity index (χ1) is 25.5. The maximum atomic E-state index is 6.43. The molecule has 5 heteroatoms. The quantitative estimate of drug-likeness (QED) is 0.169. The lowest BCUT2D eigenvalue weighted by Gasteiger charge is -2.19. The predicted molar refractivity (Wildman–Crippen MR) is 216 cm³/mol. The van der Waals surface area contributed by atoms with E-state index in [1.165, 1.54) is 32.6 Å². The third-order valence-corrected chi connectivity index (χ3v) is 14.1. The van der Waals surface area contributed by atoms with E-state index in [0.29, 0.717) is 17.5 Å². The number of hydrogen-bond acceptors (Lipinski definition) is 4. The van der Waals surface area contributed by atoms with Crippen molar-refractivity contribution >= 4 is 40.4 Å². The number of rotatable bonds is 5. The Morgan fingerprint density at radius 3 is 1.69 bits per heavy atom. The van der Waals surface area contributed by atoms with Crippen molar-refractivity contribution in [3.05, 3.63) is 164 Å². The molecule has 0 aliphatic carbocycles. The highest BCUT2D eigenvalue weighted by molar-refractivity contribution is 7.04. The van der Waals surface area contributed by atoms with E-state index in [4.69, 9.17) is 19.4 Å². The van der Waals surface area contributed by atoms with E-state index in [2.05, 4.69) is 140 Å². The van der Waals surface area contributed by atoms with Gasteiger partial charge in [0.25, 0.3) is 0 Å². The van der Waals surface area contributed by atoms with Crippen molar-refractivity contribution in [1.82, 2.24) is 15.0 Å². The first-order valence-electron chi connectivity index (χ1n) is 17.7. The average Bonchev–Trinajstić information content (AvgIpc) is 3.70. The maximum absolute atomic E-state index is 6.43. The van der Waals surface area contributed by atoms with Crippen LogP contribution in [0.2, 0.25) is 13.1 Å². The lowest BCUT2D eigenvalue weighted by Crippen LogP contribution is -2.49. The maximum Gasteiger partial charge on any atom is 0.164 e. The van der Waals surface area contributed by atoms with E-state index >= 15 is 0 Å². The first-order valence-corrected chi connectivity index (χ1v) is 20.7. The molecule has 0 amide bonds. The summed E-state index contributed by atoms with van der Waals surface area (Å²) in [6.07, 6.45) is 0. The van der Waals surface area contributed by atoms with Crippen LogP contribution in [0.5, 0.6) is 0 Å². The number of hydrogen-bond donors (Lipinski definition) is 0. The summed E-state index contributed by atoms with van der Waals surface area (Å²) < 4.78 is 6.43. The van der Waals surface area contributed by atoms with Gasteiger partial charge in [-0.05, 0) is 62.0 Å². The summed E-state index contributed by atoms with van der Waals surface area (Å²) in [4.78, 5) is 15.7. The summed E-state index contributed by atoms with van der Waals surface area (Å²) in [6, 6.07) is 57.5. The van der Waals surface area contributed by atoms with Crippen LogP contribution in [-0.4, -0.2) is 23.0 Å². The third kappa shape index (κ3) is 4.85. The molecular weight excluding hydrogens is 651 g/mol. The molecular formula is C47H33N3OSi. The van der Waals surface area contributed by atoms with Crippen LogP contribution >= 0.6 is 0 Å². The summed E-state index contributed by atoms with van der Waals surface area (Å²) in [6.45, 7) is 4.91. The van der Waals surface area contributed by atoms with Crippen molar-refractivity contribution in [2.24, 2.45) is 0 Å². The molecule has 246 valence electrons. The molecule has 0 fully saturated rings. The Morgan fingerprint density at radius 2 is 0.981 bits per heavy atom. The van der Waals surface area contributed by atoms with Crippen LogP contribution in [0.3, 0.4) is 0 Å². The van der Waals surface area contributed by atoms with E-state index in [1.54, 1.807) is 0 Å². The molecule has 10 rings (SSSR count). The monoisotopic (exact) mass is 683 g/mol. The number of benzene rings is 7. The molecule has 7 aromatic carbocycles. The largest absolute Gasteiger partial charge is 0.456 e. The summed E-state index contributed by atoms with van der Waals surface area (Å²) >= 11 is 0. The Labute approximate surface area is 303 Å². The number of fused-ring (bicyclic) bond motifs is 6. The second kappa shape index (κ2) is 11.8. The fourth-order valence-corrected chi connectivity index (χ4v) is 11.0. The van der Waals surface area contributed by atoms with Crippen molar-refractivity contribution < 1.29 is 4.42 Å². The van der Waals surface area contributed by atoms with Gasteiger partial charge in [0, 0.05) is 27.5 Å². The SMILES string of the molecule is C[Si]1(C)c2cc(-c3ccccc3)ccc2-c2c(-c3nc(-c4ccccc4)nc(-c4cccc5oc6ccc(-c7ccccc7)cc6c45)n3)cccc21. The summed E-state index contributed by atoms with van der Waals surface area (Å²) in [5.41, 5.74) is 11.8. The highest BCUT2D eigenvalue weighted by atomic mass is 28.3. The summed E-state index contributed by atoms with van der Waals surface area (Å²) in [7, 11) is -2.04. The van der Waals surface area contributed by atoms with Crippen LogP contribution < -0.4 is 10.4 Å². The summed E-state index contributed by atoms with van der Waals surface area (Å²) in [5, 5.41) is 4.88. The fraction of sp³-hybridized carbons (Fsp3) is 0.0426. The van der Waals surface area contributed by atoms with Crippen molar-refractivity contribution in [3.8, 4) is 67.5 Å². The van der Waals surface area contributed by atoms with Gasteiger partial charge in [-0.15, -0.1) is 0 Å². The minimum atomic E-state index is -2.04. The van der Waals surface area contributed by atoms with E-state index < -0.39 is 8.07 Å². The van der Waals surface area contributed by atoms with Crippen LogP contribution in [0.4, 0.5) is 0 Å². The van der Waals surface area contributed by atoms with Crippen LogP contribution in [0.1, 0.15) is 0 Å². The molecule has 52 heavy (non-hydrogen) atoms. The smallest absolute Gasteiger partial charge is 0.164 e. The predicted octanol–water partition coefficient (Wildman–Crippen LogP) is 10.9. The third-order valence-electron chi connectivity index (χ3n) is 10.6. The van der Waals surface area contributed by atoms with Crippen molar-refractivity contribution in [2.45, 2.75) is 13.1 Å². The molecule has 0 spiro atoms. The van der Waals surface area contributed by atoms with Crippen molar-refractivity contribution in [1.29, 1.82) is 0 Å². The zero-order valence-corrected chi connectivity index (χ0v) is 29.8. The second-order valence-electron chi connectivity index (χ2n) is 14.0. The van der Waals surface area contributed by atoms with Crippen LogP contribution in [-0.2, 0) is 0 Å². The first kappa shape index (κ1) is 30.4. The second-order valence-corrected chi connectivity index (χ2v) is 18.3. The minimum Gasteiger partial charge on any atom is -0.456 e. The van der Waals surface area contributed by atoms with Gasteiger partial charge in [0.05, 0.1) is 0 Å². The Morgan fingerprint density at radius 1 is 0.404 bits per heavy atom. The Kier molecular flexibility index (Phi) is 6.91. The van der Waals surface area contributed by atoms with E-state index in [9.17, 15) is 0 Å². The van der Waals surface area contributed by atoms with Gasteiger partial charge in [0.15, 0.2) is 17.5 Å². The molecule has 1 aliphatic heterocycles. The zero-order chi connectivity index (χ0) is 34.8. The number of furan rings is 1. The van der Waals surface area contributed by atoms with Gasteiger partial charge in [-0.3, -0.25) is 0 Å². The molecule has 4 nitrogen and oxygen atoms in total. The molecule has 0 saturated heterocycles. The molecule has 0 unspecified atom stereocenters. The highest BCUT2D eigenvalue weighted by Gasteiger charge is 2.39. The Hall–Kier alpha value is -6.43. The topological polar surface area (TPSA) is 51.8 Å².